The first-order chi connectivity index (χ1) is 5.20. The smallest absolute Gasteiger partial charge is 0.427 e. The molecule has 13 heteroatoms. The van der Waals surface area contributed by atoms with Gasteiger partial charge < -0.3 is 30.9 Å². The molecule has 0 amide bonds. The number of rotatable bonds is 0. The van der Waals surface area contributed by atoms with Crippen LogP contribution in [0.4, 0.5) is 0 Å². The van der Waals surface area contributed by atoms with E-state index in [2.05, 4.69) is 0 Å². The number of hydrogen-bond acceptors (Lipinski definition) is 9. The second kappa shape index (κ2) is 20.7. The van der Waals surface area contributed by atoms with Gasteiger partial charge in [0.25, 0.3) is 63.2 Å². The molecule has 0 bridgehead atoms. The molecule has 0 fully saturated rings. The number of hydrogen-bond donors (Lipinski definition) is 0. The van der Waals surface area contributed by atoms with Gasteiger partial charge in [0.15, 0.2) is 0 Å². The third-order valence-electron chi connectivity index (χ3n) is 0. The van der Waals surface area contributed by atoms with Crippen LogP contribution in [0, 0.1) is 46.9 Å². The first-order valence-corrected chi connectivity index (χ1v) is 9.32. The van der Waals surface area contributed by atoms with Crippen LogP contribution < -0.4 is 94.1 Å². The van der Waals surface area contributed by atoms with Gasteiger partial charge in [-0.1, -0.05) is 0 Å². The van der Waals surface area contributed by atoms with Gasteiger partial charge in [0.2, 0.25) is 0 Å². The van der Waals surface area contributed by atoms with Crippen LogP contribution in [-0.2, 0) is 0 Å². The van der Waals surface area contributed by atoms with Gasteiger partial charge >= 0.3 is 46.9 Å². The fourth-order valence-corrected chi connectivity index (χ4v) is 0. The van der Waals surface area contributed by atoms with Gasteiger partial charge in [-0.25, -0.2) is 0 Å². The average Bonchev–Trinajstić information content (AvgIpc) is 1.54. The minimum atomic E-state index is -4.01. The van der Waals surface area contributed by atoms with Gasteiger partial charge in [-0.15, -0.1) is 0 Å². The van der Waals surface area contributed by atoms with Gasteiger partial charge in [-0.05, 0) is 0 Å². The Labute approximate surface area is 138 Å². The molecule has 0 spiro atoms. The first kappa shape index (κ1) is 25.3. The van der Waals surface area contributed by atoms with Crippen LogP contribution in [0.1, 0.15) is 0 Å². The molecule has 0 N–H and O–H groups in total. The summed E-state index contributed by atoms with van der Waals surface area (Å²) >= 11 is -12.0. The van der Waals surface area contributed by atoms with Crippen molar-refractivity contribution in [3.63, 3.8) is 0 Å². The molecule has 0 saturated heterocycles. The van der Waals surface area contributed by atoms with Crippen molar-refractivity contribution in [3.8, 4) is 0 Å². The fraction of sp³-hybridized carbons (Fsp3) is 0. The summed E-state index contributed by atoms with van der Waals surface area (Å²) in [5.41, 5.74) is 0. The van der Waals surface area contributed by atoms with Gasteiger partial charge in [0.1, 0.15) is 0 Å². The van der Waals surface area contributed by atoms with E-state index in [0.29, 0.717) is 0 Å². The maximum absolute atomic E-state index is 8.57. The Balaban J connectivity index is -0.0000000450. The van der Waals surface area contributed by atoms with Crippen molar-refractivity contribution >= 4 is 0 Å². The van der Waals surface area contributed by atoms with E-state index in [9.17, 15) is 0 Å². The SMILES string of the molecule is [O-][I+2]([O-])[O-].[O-][I+2]([O-])[O-].[O-][I+2]([O-])[O-].[Yb+3]. The van der Waals surface area contributed by atoms with Crippen molar-refractivity contribution < 1.29 is 141 Å². The first-order valence-electron chi connectivity index (χ1n) is 1.39. The summed E-state index contributed by atoms with van der Waals surface area (Å²) < 4.78 is 77.2. The van der Waals surface area contributed by atoms with Gasteiger partial charge in [-0.2, -0.15) is 0 Å². The van der Waals surface area contributed by atoms with Crippen LogP contribution >= 0.6 is 0 Å². The van der Waals surface area contributed by atoms with E-state index in [-0.39, 0.29) is 46.9 Å². The van der Waals surface area contributed by atoms with Gasteiger partial charge in [0, 0.05) is 0 Å². The Hall–Kier alpha value is 3.35. The topological polar surface area (TPSA) is 208 Å². The van der Waals surface area contributed by atoms with Crippen molar-refractivity contribution in [2.45, 2.75) is 0 Å². The molecule has 0 aliphatic rings. The zero-order chi connectivity index (χ0) is 10.7. The van der Waals surface area contributed by atoms with E-state index in [0.717, 1.165) is 0 Å². The molecule has 0 heterocycles. The Morgan fingerprint density at radius 2 is 0.385 bits per heavy atom. The molecule has 0 unspecified atom stereocenters. The van der Waals surface area contributed by atoms with E-state index in [1.54, 1.807) is 0 Å². The molecule has 89 valence electrons. The van der Waals surface area contributed by atoms with E-state index < -0.39 is 63.2 Å². The summed E-state index contributed by atoms with van der Waals surface area (Å²) in [6, 6.07) is 0. The minimum Gasteiger partial charge on any atom is -0.427 e. The quantitative estimate of drug-likeness (QED) is 0.220. The normalized spacial score (nSPS) is 8.31. The monoisotopic (exact) mass is 699 g/mol. The van der Waals surface area contributed by atoms with Crippen LogP contribution in [0.3, 0.4) is 0 Å². The summed E-state index contributed by atoms with van der Waals surface area (Å²) in [4.78, 5) is 0. The molecule has 0 aromatic rings. The van der Waals surface area contributed by atoms with Crippen LogP contribution in [0.15, 0.2) is 0 Å². The predicted octanol–water partition coefficient (Wildman–Crippen LogP) is -19.7. The van der Waals surface area contributed by atoms with Crippen LogP contribution in [-0.4, -0.2) is 0 Å². The molecule has 1 radical (unpaired) electrons. The Morgan fingerprint density at radius 3 is 0.385 bits per heavy atom. The van der Waals surface area contributed by atoms with Crippen molar-refractivity contribution in [2.75, 3.05) is 0 Å². The summed E-state index contributed by atoms with van der Waals surface area (Å²) in [5.74, 6) is 0. The Morgan fingerprint density at radius 1 is 0.385 bits per heavy atom. The van der Waals surface area contributed by atoms with Crippen molar-refractivity contribution in [2.24, 2.45) is 0 Å². The molecule has 0 aromatic heterocycles. The molecule has 13 heavy (non-hydrogen) atoms. The third-order valence-corrected chi connectivity index (χ3v) is 0. The zero-order valence-electron chi connectivity index (χ0n) is 5.08. The predicted molar refractivity (Wildman–Crippen MR) is 0 cm³/mol. The zero-order valence-corrected chi connectivity index (χ0v) is 13.3. The summed E-state index contributed by atoms with van der Waals surface area (Å²) in [5, 5.41) is 0. The molecule has 0 atom stereocenters. The van der Waals surface area contributed by atoms with Crippen molar-refractivity contribution in [3.05, 3.63) is 0 Å². The summed E-state index contributed by atoms with van der Waals surface area (Å²) in [6.07, 6.45) is 0. The van der Waals surface area contributed by atoms with Crippen LogP contribution in [0.25, 0.3) is 0 Å². The Bertz CT molecular complexity index is 43.4. The third kappa shape index (κ3) is 244. The molecule has 0 aromatic carbocycles. The Kier molecular flexibility index (Phi) is 40.3. The summed E-state index contributed by atoms with van der Waals surface area (Å²) in [7, 11) is 0. The molecular weight excluding hydrogens is 698 g/mol. The molecule has 0 rings (SSSR count). The van der Waals surface area contributed by atoms with E-state index in [1.165, 1.54) is 0 Å². The van der Waals surface area contributed by atoms with Crippen molar-refractivity contribution in [1.82, 2.24) is 0 Å². The molecule has 0 aliphatic heterocycles. The minimum absolute atomic E-state index is 0. The number of halogens is 3. The molecule has 0 saturated carbocycles. The van der Waals surface area contributed by atoms with Gasteiger partial charge in [-0.3, -0.25) is 0 Å². The maximum Gasteiger partial charge on any atom is 3.00 e. The second-order valence-electron chi connectivity index (χ2n) is 0.567. The average molecular weight is 698 g/mol. The molecule has 0 aliphatic carbocycles. The molecule has 9 nitrogen and oxygen atoms in total. The molecular formula is I3O9Yb. The van der Waals surface area contributed by atoms with Crippen LogP contribution in [0.2, 0.25) is 0 Å². The maximum atomic E-state index is 8.57. The standard InChI is InChI=1S/3IO3.Yb/c3*2-1(3)4;/q3*-1;+3. The van der Waals surface area contributed by atoms with Gasteiger partial charge in [0.05, 0.1) is 0 Å². The largest absolute Gasteiger partial charge is 3.00 e. The van der Waals surface area contributed by atoms with Crippen molar-refractivity contribution in [1.29, 1.82) is 0 Å². The van der Waals surface area contributed by atoms with E-state index in [4.69, 9.17) is 30.9 Å². The van der Waals surface area contributed by atoms with Crippen LogP contribution in [0.5, 0.6) is 0 Å². The fourth-order valence-electron chi connectivity index (χ4n) is 0. The second-order valence-corrected chi connectivity index (χ2v) is 3.80. The van der Waals surface area contributed by atoms with E-state index >= 15 is 0 Å². The van der Waals surface area contributed by atoms with E-state index in [1.807, 2.05) is 0 Å². The summed E-state index contributed by atoms with van der Waals surface area (Å²) in [6.45, 7) is 0.